The largest absolute Gasteiger partial charge is 0.368 e. The van der Waals surface area contributed by atoms with E-state index in [0.29, 0.717) is 22.5 Å². The van der Waals surface area contributed by atoms with E-state index in [1.807, 2.05) is 12.1 Å². The highest BCUT2D eigenvalue weighted by atomic mass is 79.9. The van der Waals surface area contributed by atoms with Crippen LogP contribution in [0.1, 0.15) is 5.56 Å². The number of piperazine rings is 1. The summed E-state index contributed by atoms with van der Waals surface area (Å²) in [7, 11) is 0. The van der Waals surface area contributed by atoms with Gasteiger partial charge in [0.1, 0.15) is 12.0 Å². The van der Waals surface area contributed by atoms with Crippen molar-refractivity contribution in [3.05, 3.63) is 62.5 Å². The van der Waals surface area contributed by atoms with E-state index in [1.165, 1.54) is 10.7 Å². The minimum Gasteiger partial charge on any atom is -0.358 e. The number of nitrogens with zero attached hydrogens (tertiary/aromatic N) is 6. The fraction of sp³-hybridized carbons (Fsp3) is 0.294. The normalized spacial score (nSPS) is 15.4. The standard InChI is InChI=1S/C17H16BrFN6O2/c18-13-2-1-12(9-14(13)19)11-22-5-7-23(8-6-22)16-4-3-15-20-10-17(25(26)27)24(15)21-16/h1-4,9-10H,5-8,11H2. The number of imidazole rings is 1. The maximum absolute atomic E-state index is 13.7. The first-order valence-corrected chi connectivity index (χ1v) is 9.21. The van der Waals surface area contributed by atoms with Crippen molar-refractivity contribution < 1.29 is 9.31 Å². The van der Waals surface area contributed by atoms with Crippen LogP contribution in [-0.2, 0) is 6.54 Å². The summed E-state index contributed by atoms with van der Waals surface area (Å²) < 4.78 is 15.4. The van der Waals surface area contributed by atoms with Gasteiger partial charge in [-0.1, -0.05) is 15.7 Å². The topological polar surface area (TPSA) is 79.8 Å². The van der Waals surface area contributed by atoms with E-state index < -0.39 is 4.92 Å². The van der Waals surface area contributed by atoms with Crippen molar-refractivity contribution in [2.45, 2.75) is 6.54 Å². The van der Waals surface area contributed by atoms with Gasteiger partial charge in [0.25, 0.3) is 0 Å². The van der Waals surface area contributed by atoms with E-state index in [4.69, 9.17) is 0 Å². The van der Waals surface area contributed by atoms with Crippen LogP contribution in [0.3, 0.4) is 0 Å². The molecular formula is C17H16BrFN6O2. The summed E-state index contributed by atoms with van der Waals surface area (Å²) >= 11 is 3.17. The highest BCUT2D eigenvalue weighted by molar-refractivity contribution is 9.10. The lowest BCUT2D eigenvalue weighted by atomic mass is 10.2. The smallest absolute Gasteiger partial charge is 0.358 e. The molecular weight excluding hydrogens is 419 g/mol. The minimum absolute atomic E-state index is 0.150. The molecule has 1 aliphatic heterocycles. The molecule has 2 aromatic heterocycles. The fourth-order valence-electron chi connectivity index (χ4n) is 3.18. The average Bonchev–Trinajstić information content (AvgIpc) is 3.09. The summed E-state index contributed by atoms with van der Waals surface area (Å²) in [4.78, 5) is 18.9. The van der Waals surface area contributed by atoms with E-state index in [9.17, 15) is 14.5 Å². The van der Waals surface area contributed by atoms with Crippen molar-refractivity contribution in [2.75, 3.05) is 31.1 Å². The summed E-state index contributed by atoms with van der Waals surface area (Å²) in [5, 5.41) is 15.5. The second-order valence-corrected chi connectivity index (χ2v) is 7.20. The highest BCUT2D eigenvalue weighted by Crippen LogP contribution is 2.20. The number of benzene rings is 1. The monoisotopic (exact) mass is 434 g/mol. The van der Waals surface area contributed by atoms with Crippen LogP contribution in [0.4, 0.5) is 16.0 Å². The maximum Gasteiger partial charge on any atom is 0.368 e. The number of hydrogen-bond donors (Lipinski definition) is 0. The predicted octanol–water partition coefficient (Wildman–Crippen LogP) is 2.86. The Balaban J connectivity index is 1.44. The van der Waals surface area contributed by atoms with Crippen molar-refractivity contribution in [1.82, 2.24) is 19.5 Å². The van der Waals surface area contributed by atoms with Crippen LogP contribution in [0.5, 0.6) is 0 Å². The zero-order chi connectivity index (χ0) is 19.0. The van der Waals surface area contributed by atoms with Gasteiger partial charge in [0.2, 0.25) is 5.65 Å². The quantitative estimate of drug-likeness (QED) is 0.463. The molecule has 0 radical (unpaired) electrons. The Labute approximate surface area is 162 Å². The lowest BCUT2D eigenvalue weighted by Crippen LogP contribution is -2.46. The van der Waals surface area contributed by atoms with Crippen LogP contribution in [0.2, 0.25) is 0 Å². The van der Waals surface area contributed by atoms with Gasteiger partial charge < -0.3 is 15.0 Å². The molecule has 0 N–H and O–H groups in total. The zero-order valence-electron chi connectivity index (χ0n) is 14.3. The molecule has 1 aromatic carbocycles. The Hall–Kier alpha value is -2.59. The zero-order valence-corrected chi connectivity index (χ0v) is 15.8. The predicted molar refractivity (Wildman–Crippen MR) is 101 cm³/mol. The van der Waals surface area contributed by atoms with Gasteiger partial charge in [0.15, 0.2) is 5.82 Å². The van der Waals surface area contributed by atoms with Gasteiger partial charge in [-0.3, -0.25) is 4.90 Å². The van der Waals surface area contributed by atoms with Gasteiger partial charge in [-0.25, -0.2) is 9.37 Å². The first-order chi connectivity index (χ1) is 13.0. The van der Waals surface area contributed by atoms with Crippen molar-refractivity contribution in [3.8, 4) is 0 Å². The Morgan fingerprint density at radius 3 is 2.67 bits per heavy atom. The minimum atomic E-state index is -0.494. The molecule has 4 rings (SSSR count). The first kappa shape index (κ1) is 17.8. The van der Waals surface area contributed by atoms with E-state index >= 15 is 0 Å². The average molecular weight is 435 g/mol. The molecule has 1 saturated heterocycles. The Bertz CT molecular complexity index is 1000. The third-order valence-electron chi connectivity index (χ3n) is 4.60. The van der Waals surface area contributed by atoms with Crippen molar-refractivity contribution in [3.63, 3.8) is 0 Å². The molecule has 0 bridgehead atoms. The number of aromatic nitrogens is 3. The third-order valence-corrected chi connectivity index (χ3v) is 5.25. The summed E-state index contributed by atoms with van der Waals surface area (Å²) in [6, 6.07) is 8.73. The molecule has 10 heteroatoms. The van der Waals surface area contributed by atoms with E-state index in [2.05, 4.69) is 35.8 Å². The molecule has 3 heterocycles. The first-order valence-electron chi connectivity index (χ1n) is 8.42. The molecule has 8 nitrogen and oxygen atoms in total. The molecule has 0 spiro atoms. The lowest BCUT2D eigenvalue weighted by Gasteiger charge is -2.34. The van der Waals surface area contributed by atoms with Crippen LogP contribution in [0.25, 0.3) is 5.65 Å². The third kappa shape index (κ3) is 3.62. The van der Waals surface area contributed by atoms with Crippen LogP contribution >= 0.6 is 15.9 Å². The molecule has 0 unspecified atom stereocenters. The Kier molecular flexibility index (Phi) is 4.75. The van der Waals surface area contributed by atoms with Crippen LogP contribution in [0, 0.1) is 15.9 Å². The Morgan fingerprint density at radius 1 is 1.19 bits per heavy atom. The molecule has 0 atom stereocenters. The lowest BCUT2D eigenvalue weighted by molar-refractivity contribution is -0.391. The second-order valence-electron chi connectivity index (χ2n) is 6.35. The van der Waals surface area contributed by atoms with Crippen molar-refractivity contribution in [1.29, 1.82) is 0 Å². The summed E-state index contributed by atoms with van der Waals surface area (Å²) in [5.74, 6) is 0.270. The number of nitro groups is 1. The van der Waals surface area contributed by atoms with Gasteiger partial charge in [0, 0.05) is 38.8 Å². The van der Waals surface area contributed by atoms with E-state index in [-0.39, 0.29) is 11.6 Å². The van der Waals surface area contributed by atoms with E-state index in [1.54, 1.807) is 18.2 Å². The molecule has 0 aliphatic carbocycles. The van der Waals surface area contributed by atoms with Gasteiger partial charge in [0.05, 0.1) is 4.47 Å². The Morgan fingerprint density at radius 2 is 1.96 bits per heavy atom. The number of halogens is 2. The molecule has 1 fully saturated rings. The van der Waals surface area contributed by atoms with Crippen molar-refractivity contribution in [2.24, 2.45) is 0 Å². The fourth-order valence-corrected chi connectivity index (χ4v) is 3.42. The van der Waals surface area contributed by atoms with E-state index in [0.717, 1.165) is 31.7 Å². The van der Waals surface area contributed by atoms with Crippen LogP contribution in [-0.4, -0.2) is 50.6 Å². The maximum atomic E-state index is 13.7. The molecule has 3 aromatic rings. The molecule has 140 valence electrons. The van der Waals surface area contributed by atoms with Crippen molar-refractivity contribution >= 4 is 33.2 Å². The number of hydrogen-bond acceptors (Lipinski definition) is 6. The van der Waals surface area contributed by atoms with Crippen LogP contribution in [0.15, 0.2) is 41.0 Å². The van der Waals surface area contributed by atoms with Gasteiger partial charge in [-0.2, -0.15) is 0 Å². The van der Waals surface area contributed by atoms with Gasteiger partial charge in [-0.05, 0) is 44.6 Å². The number of anilines is 1. The highest BCUT2D eigenvalue weighted by Gasteiger charge is 2.22. The summed E-state index contributed by atoms with van der Waals surface area (Å²) in [6.07, 6.45) is 1.21. The number of fused-ring (bicyclic) bond motifs is 1. The SMILES string of the molecule is O=[N+]([O-])c1cnc2ccc(N3CCN(Cc4ccc(Br)c(F)c4)CC3)nn12. The number of rotatable bonds is 4. The second kappa shape index (κ2) is 7.20. The van der Waals surface area contributed by atoms with Crippen LogP contribution < -0.4 is 4.90 Å². The van der Waals surface area contributed by atoms with Gasteiger partial charge in [-0.15, -0.1) is 0 Å². The summed E-state index contributed by atoms with van der Waals surface area (Å²) in [6.45, 7) is 3.74. The van der Waals surface area contributed by atoms with Gasteiger partial charge >= 0.3 is 5.82 Å². The molecule has 1 aliphatic rings. The molecule has 0 saturated carbocycles. The summed E-state index contributed by atoms with van der Waals surface area (Å²) in [5.41, 5.74) is 1.37. The molecule has 0 amide bonds. The molecule has 27 heavy (non-hydrogen) atoms.